The van der Waals surface area contributed by atoms with Gasteiger partial charge in [-0.05, 0) is 24.1 Å². The molecular formula is C16H14N2O2S. The topological polar surface area (TPSA) is 55.1 Å². The van der Waals surface area contributed by atoms with Crippen molar-refractivity contribution < 1.29 is 9.21 Å². The number of furan rings is 1. The Kier molecular flexibility index (Phi) is 4.12. The van der Waals surface area contributed by atoms with E-state index in [0.29, 0.717) is 17.3 Å². The van der Waals surface area contributed by atoms with Crippen molar-refractivity contribution in [3.8, 4) is 11.5 Å². The van der Waals surface area contributed by atoms with E-state index in [9.17, 15) is 4.79 Å². The van der Waals surface area contributed by atoms with Gasteiger partial charge in [0.25, 0.3) is 0 Å². The molecule has 3 aromatic rings. The molecule has 21 heavy (non-hydrogen) atoms. The summed E-state index contributed by atoms with van der Waals surface area (Å²) in [5, 5.41) is 5.28. The maximum atomic E-state index is 11.9. The SMILES string of the molecule is O=C(CCc1ccccc1)Nc1nc(-c2ccco2)cs1. The lowest BCUT2D eigenvalue weighted by molar-refractivity contribution is -0.116. The number of aromatic nitrogens is 1. The van der Waals surface area contributed by atoms with Gasteiger partial charge in [0.05, 0.1) is 6.26 Å². The van der Waals surface area contributed by atoms with Crippen LogP contribution in [0.15, 0.2) is 58.5 Å². The molecule has 0 aliphatic heterocycles. The number of hydrogen-bond acceptors (Lipinski definition) is 4. The normalized spacial score (nSPS) is 10.5. The van der Waals surface area contributed by atoms with Crippen LogP contribution in [0.3, 0.4) is 0 Å². The first-order chi connectivity index (χ1) is 10.3. The third-order valence-electron chi connectivity index (χ3n) is 3.01. The highest BCUT2D eigenvalue weighted by atomic mass is 32.1. The van der Waals surface area contributed by atoms with Gasteiger partial charge in [-0.2, -0.15) is 0 Å². The van der Waals surface area contributed by atoms with Crippen LogP contribution in [-0.2, 0) is 11.2 Å². The van der Waals surface area contributed by atoms with E-state index in [1.165, 1.54) is 11.3 Å². The lowest BCUT2D eigenvalue weighted by atomic mass is 10.1. The van der Waals surface area contributed by atoms with Crippen molar-refractivity contribution in [3.63, 3.8) is 0 Å². The van der Waals surface area contributed by atoms with E-state index in [1.807, 2.05) is 47.8 Å². The minimum Gasteiger partial charge on any atom is -0.463 e. The van der Waals surface area contributed by atoms with E-state index in [1.54, 1.807) is 6.26 Å². The molecule has 0 aliphatic rings. The third-order valence-corrected chi connectivity index (χ3v) is 3.77. The number of thiazole rings is 1. The Morgan fingerprint density at radius 1 is 1.19 bits per heavy atom. The van der Waals surface area contributed by atoms with Gasteiger partial charge in [-0.15, -0.1) is 11.3 Å². The van der Waals surface area contributed by atoms with E-state index in [4.69, 9.17) is 4.42 Å². The summed E-state index contributed by atoms with van der Waals surface area (Å²) in [5.74, 6) is 0.676. The Morgan fingerprint density at radius 2 is 2.05 bits per heavy atom. The number of carbonyl (C=O) groups excluding carboxylic acids is 1. The van der Waals surface area contributed by atoms with E-state index in [2.05, 4.69) is 10.3 Å². The molecule has 0 saturated heterocycles. The fraction of sp³-hybridized carbons (Fsp3) is 0.125. The fourth-order valence-corrected chi connectivity index (χ4v) is 2.67. The maximum absolute atomic E-state index is 11.9. The van der Waals surface area contributed by atoms with E-state index < -0.39 is 0 Å². The van der Waals surface area contributed by atoms with Gasteiger partial charge in [0.2, 0.25) is 5.91 Å². The van der Waals surface area contributed by atoms with E-state index >= 15 is 0 Å². The van der Waals surface area contributed by atoms with Crippen LogP contribution in [0.25, 0.3) is 11.5 Å². The number of nitrogens with one attached hydrogen (secondary N) is 1. The van der Waals surface area contributed by atoms with E-state index in [-0.39, 0.29) is 5.91 Å². The van der Waals surface area contributed by atoms with Crippen molar-refractivity contribution in [2.75, 3.05) is 5.32 Å². The van der Waals surface area contributed by atoms with Gasteiger partial charge in [0, 0.05) is 11.8 Å². The summed E-state index contributed by atoms with van der Waals surface area (Å²) in [6.45, 7) is 0. The van der Waals surface area contributed by atoms with Gasteiger partial charge in [-0.3, -0.25) is 4.79 Å². The van der Waals surface area contributed by atoms with Gasteiger partial charge in [-0.25, -0.2) is 4.98 Å². The van der Waals surface area contributed by atoms with Gasteiger partial charge in [0.1, 0.15) is 5.69 Å². The molecule has 0 fully saturated rings. The van der Waals surface area contributed by atoms with Crippen LogP contribution < -0.4 is 5.32 Å². The zero-order valence-corrected chi connectivity index (χ0v) is 12.1. The summed E-state index contributed by atoms with van der Waals surface area (Å²) < 4.78 is 5.27. The van der Waals surface area contributed by atoms with Crippen molar-refractivity contribution >= 4 is 22.4 Å². The smallest absolute Gasteiger partial charge is 0.226 e. The predicted molar refractivity (Wildman–Crippen MR) is 83.2 cm³/mol. The van der Waals surface area contributed by atoms with Gasteiger partial charge in [-0.1, -0.05) is 30.3 Å². The molecule has 1 amide bonds. The second-order valence-electron chi connectivity index (χ2n) is 4.55. The maximum Gasteiger partial charge on any atom is 0.226 e. The number of aryl methyl sites for hydroxylation is 1. The average molecular weight is 298 g/mol. The monoisotopic (exact) mass is 298 g/mol. The Labute approximate surface area is 126 Å². The van der Waals surface area contributed by atoms with Gasteiger partial charge < -0.3 is 9.73 Å². The van der Waals surface area contributed by atoms with Gasteiger partial charge in [0.15, 0.2) is 10.9 Å². The average Bonchev–Trinajstić information content (AvgIpc) is 3.17. The fourth-order valence-electron chi connectivity index (χ4n) is 1.95. The first-order valence-corrected chi connectivity index (χ1v) is 7.52. The largest absolute Gasteiger partial charge is 0.463 e. The van der Waals surface area contributed by atoms with Crippen molar-refractivity contribution in [3.05, 3.63) is 59.7 Å². The number of carbonyl (C=O) groups is 1. The highest BCUT2D eigenvalue weighted by Gasteiger charge is 2.09. The first-order valence-electron chi connectivity index (χ1n) is 6.64. The van der Waals surface area contributed by atoms with Crippen molar-refractivity contribution in [1.29, 1.82) is 0 Å². The number of amides is 1. The van der Waals surface area contributed by atoms with Crippen molar-refractivity contribution in [2.45, 2.75) is 12.8 Å². The highest BCUT2D eigenvalue weighted by molar-refractivity contribution is 7.14. The molecule has 0 radical (unpaired) electrons. The molecule has 4 nitrogen and oxygen atoms in total. The molecule has 2 aromatic heterocycles. The second-order valence-corrected chi connectivity index (χ2v) is 5.41. The summed E-state index contributed by atoms with van der Waals surface area (Å²) in [6.07, 6.45) is 2.77. The molecule has 0 saturated carbocycles. The molecular weight excluding hydrogens is 284 g/mol. The standard InChI is InChI=1S/C16H14N2O2S/c19-15(9-8-12-5-2-1-3-6-12)18-16-17-13(11-21-16)14-7-4-10-20-14/h1-7,10-11H,8-9H2,(H,17,18,19). The molecule has 0 spiro atoms. The summed E-state index contributed by atoms with van der Waals surface area (Å²) in [7, 11) is 0. The molecule has 0 aliphatic carbocycles. The molecule has 106 valence electrons. The molecule has 2 heterocycles. The Balaban J connectivity index is 1.55. The quantitative estimate of drug-likeness (QED) is 0.775. The van der Waals surface area contributed by atoms with Crippen LogP contribution in [0.1, 0.15) is 12.0 Å². The number of hydrogen-bond donors (Lipinski definition) is 1. The van der Waals surface area contributed by atoms with Crippen LogP contribution in [0.5, 0.6) is 0 Å². The number of anilines is 1. The minimum absolute atomic E-state index is 0.0285. The Morgan fingerprint density at radius 3 is 2.81 bits per heavy atom. The minimum atomic E-state index is -0.0285. The molecule has 1 aromatic carbocycles. The predicted octanol–water partition coefficient (Wildman–Crippen LogP) is 3.97. The van der Waals surface area contributed by atoms with Crippen LogP contribution in [0.4, 0.5) is 5.13 Å². The van der Waals surface area contributed by atoms with Crippen LogP contribution >= 0.6 is 11.3 Å². The Hall–Kier alpha value is -2.40. The summed E-state index contributed by atoms with van der Waals surface area (Å²) in [6, 6.07) is 13.6. The van der Waals surface area contributed by atoms with Crippen molar-refractivity contribution in [1.82, 2.24) is 4.98 Å². The van der Waals surface area contributed by atoms with Crippen LogP contribution in [0.2, 0.25) is 0 Å². The zero-order chi connectivity index (χ0) is 14.5. The molecule has 5 heteroatoms. The lowest BCUT2D eigenvalue weighted by Crippen LogP contribution is -2.12. The van der Waals surface area contributed by atoms with Crippen molar-refractivity contribution in [2.24, 2.45) is 0 Å². The lowest BCUT2D eigenvalue weighted by Gasteiger charge is -2.02. The van der Waals surface area contributed by atoms with Crippen LogP contribution in [0, 0.1) is 0 Å². The highest BCUT2D eigenvalue weighted by Crippen LogP contribution is 2.25. The molecule has 1 N–H and O–H groups in total. The summed E-state index contributed by atoms with van der Waals surface area (Å²) in [4.78, 5) is 16.3. The number of nitrogens with zero attached hydrogens (tertiary/aromatic N) is 1. The third kappa shape index (κ3) is 3.58. The van der Waals surface area contributed by atoms with Gasteiger partial charge >= 0.3 is 0 Å². The number of benzene rings is 1. The van der Waals surface area contributed by atoms with E-state index in [0.717, 1.165) is 17.7 Å². The summed E-state index contributed by atoms with van der Waals surface area (Å²) >= 11 is 1.39. The number of rotatable bonds is 5. The molecule has 0 atom stereocenters. The molecule has 0 bridgehead atoms. The zero-order valence-electron chi connectivity index (χ0n) is 11.3. The molecule has 3 rings (SSSR count). The second kappa shape index (κ2) is 6.37. The first kappa shape index (κ1) is 13.6. The molecule has 0 unspecified atom stereocenters. The Bertz CT molecular complexity index is 705. The van der Waals surface area contributed by atoms with Crippen LogP contribution in [-0.4, -0.2) is 10.9 Å². The summed E-state index contributed by atoms with van der Waals surface area (Å²) in [5.41, 5.74) is 1.89.